The summed E-state index contributed by atoms with van der Waals surface area (Å²) in [5.74, 6) is -0.106. The van der Waals surface area contributed by atoms with Crippen LogP contribution in [0.3, 0.4) is 0 Å². The van der Waals surface area contributed by atoms with Gasteiger partial charge >= 0.3 is 0 Å². The zero-order valence-corrected chi connectivity index (χ0v) is 17.0. The molecule has 1 aromatic heterocycles. The first-order valence-corrected chi connectivity index (χ1v) is 9.44. The van der Waals surface area contributed by atoms with Gasteiger partial charge in [0, 0.05) is 22.6 Å². The van der Waals surface area contributed by atoms with Crippen LogP contribution >= 0.6 is 11.3 Å². The van der Waals surface area contributed by atoms with E-state index in [0.29, 0.717) is 11.4 Å². The van der Waals surface area contributed by atoms with Gasteiger partial charge in [-0.25, -0.2) is 4.98 Å². The van der Waals surface area contributed by atoms with Crippen molar-refractivity contribution in [2.75, 3.05) is 12.4 Å². The number of carbonyl (C=O) groups excluding carboxylic acids is 1. The second-order valence-electron chi connectivity index (χ2n) is 6.35. The molecule has 0 spiro atoms. The topological polar surface area (TPSA) is 138 Å². The van der Waals surface area contributed by atoms with E-state index in [4.69, 9.17) is 4.74 Å². The predicted octanol–water partition coefficient (Wildman–Crippen LogP) is 4.50. The minimum absolute atomic E-state index is 0.0280. The van der Waals surface area contributed by atoms with Crippen LogP contribution in [0.5, 0.6) is 5.75 Å². The Morgan fingerprint density at radius 3 is 2.50 bits per heavy atom. The van der Waals surface area contributed by atoms with E-state index >= 15 is 0 Å². The van der Waals surface area contributed by atoms with Gasteiger partial charge in [0.05, 0.1) is 34.3 Å². The zero-order chi connectivity index (χ0) is 22.0. The van der Waals surface area contributed by atoms with Crippen LogP contribution < -0.4 is 10.1 Å². The van der Waals surface area contributed by atoms with Crippen molar-refractivity contribution in [2.24, 2.45) is 0 Å². The monoisotopic (exact) mass is 428 g/mol. The molecule has 1 N–H and O–H groups in total. The number of aryl methyl sites for hydroxylation is 1. The van der Waals surface area contributed by atoms with Crippen LogP contribution in [0.25, 0.3) is 11.3 Å². The Balaban J connectivity index is 1.94. The normalized spacial score (nSPS) is 10.5. The lowest BCUT2D eigenvalue weighted by Crippen LogP contribution is -2.14. The van der Waals surface area contributed by atoms with Crippen molar-refractivity contribution in [3.8, 4) is 17.0 Å². The lowest BCUT2D eigenvalue weighted by molar-refractivity contribution is -0.394. The van der Waals surface area contributed by atoms with Crippen molar-refractivity contribution in [3.05, 3.63) is 72.6 Å². The third-order valence-corrected chi connectivity index (χ3v) is 5.13. The molecule has 0 unspecified atom stereocenters. The molecule has 3 aromatic rings. The van der Waals surface area contributed by atoms with E-state index in [1.54, 1.807) is 12.5 Å². The Labute approximate surface area is 174 Å². The summed E-state index contributed by atoms with van der Waals surface area (Å²) in [4.78, 5) is 37.8. The van der Waals surface area contributed by atoms with E-state index in [0.717, 1.165) is 34.6 Å². The fourth-order valence-electron chi connectivity index (χ4n) is 2.86. The Morgan fingerprint density at radius 1 is 1.13 bits per heavy atom. The van der Waals surface area contributed by atoms with Gasteiger partial charge in [0.15, 0.2) is 5.13 Å². The van der Waals surface area contributed by atoms with Crippen LogP contribution in [-0.4, -0.2) is 27.8 Å². The fraction of sp³-hybridized carbons (Fsp3) is 0.158. The van der Waals surface area contributed by atoms with E-state index < -0.39 is 27.1 Å². The maximum Gasteiger partial charge on any atom is 0.279 e. The van der Waals surface area contributed by atoms with Crippen molar-refractivity contribution in [1.82, 2.24) is 4.98 Å². The molecule has 0 fully saturated rings. The maximum atomic E-state index is 12.7. The van der Waals surface area contributed by atoms with E-state index in [1.165, 1.54) is 6.92 Å². The summed E-state index contributed by atoms with van der Waals surface area (Å²) in [5.41, 5.74) is 1.15. The molecule has 10 nitrogen and oxygen atoms in total. The van der Waals surface area contributed by atoms with Crippen LogP contribution in [0.1, 0.15) is 21.5 Å². The van der Waals surface area contributed by atoms with Crippen LogP contribution in [0.2, 0.25) is 0 Å². The summed E-state index contributed by atoms with van der Waals surface area (Å²) in [6, 6.07) is 7.45. The first-order chi connectivity index (χ1) is 14.2. The molecule has 0 aliphatic heterocycles. The van der Waals surface area contributed by atoms with E-state index in [2.05, 4.69) is 10.3 Å². The molecule has 2 aromatic carbocycles. The maximum absolute atomic E-state index is 12.7. The molecule has 0 bridgehead atoms. The lowest BCUT2D eigenvalue weighted by atomic mass is 10.0. The van der Waals surface area contributed by atoms with Crippen LogP contribution in [0.4, 0.5) is 16.5 Å². The first-order valence-electron chi connectivity index (χ1n) is 8.56. The van der Waals surface area contributed by atoms with Gasteiger partial charge in [-0.2, -0.15) is 0 Å². The average Bonchev–Trinajstić information content (AvgIpc) is 3.15. The number of anilines is 1. The molecular formula is C19H16N4O6S. The number of thiazole rings is 1. The first kappa shape index (κ1) is 20.9. The highest BCUT2D eigenvalue weighted by atomic mass is 32.1. The summed E-state index contributed by atoms with van der Waals surface area (Å²) in [6.45, 7) is 3.29. The number of nitrogens with one attached hydrogen (secondary N) is 1. The van der Waals surface area contributed by atoms with Gasteiger partial charge in [0.2, 0.25) is 0 Å². The quantitative estimate of drug-likeness (QED) is 0.450. The summed E-state index contributed by atoms with van der Waals surface area (Å²) in [7, 11) is 1.54. The van der Waals surface area contributed by atoms with Gasteiger partial charge in [-0.3, -0.25) is 30.3 Å². The largest absolute Gasteiger partial charge is 0.496 e. The second kappa shape index (κ2) is 8.25. The highest BCUT2D eigenvalue weighted by Crippen LogP contribution is 2.34. The van der Waals surface area contributed by atoms with Crippen molar-refractivity contribution in [2.45, 2.75) is 13.8 Å². The number of rotatable bonds is 6. The zero-order valence-electron chi connectivity index (χ0n) is 16.2. The van der Waals surface area contributed by atoms with Gasteiger partial charge in [0.1, 0.15) is 5.75 Å². The second-order valence-corrected chi connectivity index (χ2v) is 7.21. The Kier molecular flexibility index (Phi) is 5.74. The number of carbonyl (C=O) groups is 1. The molecule has 0 saturated carbocycles. The van der Waals surface area contributed by atoms with Gasteiger partial charge in [-0.1, -0.05) is 11.6 Å². The summed E-state index contributed by atoms with van der Waals surface area (Å²) < 4.78 is 5.35. The summed E-state index contributed by atoms with van der Waals surface area (Å²) in [5, 5.41) is 26.8. The molecule has 0 aliphatic rings. The number of benzene rings is 2. The molecule has 0 saturated heterocycles. The van der Waals surface area contributed by atoms with Gasteiger partial charge in [0.25, 0.3) is 17.3 Å². The van der Waals surface area contributed by atoms with Gasteiger partial charge in [-0.05, 0) is 26.0 Å². The van der Waals surface area contributed by atoms with Crippen LogP contribution in [0, 0.1) is 34.1 Å². The van der Waals surface area contributed by atoms with Crippen LogP contribution in [0.15, 0.2) is 35.7 Å². The minimum atomic E-state index is -0.783. The number of methoxy groups -OCH3 is 1. The number of aromatic nitrogens is 1. The van der Waals surface area contributed by atoms with Gasteiger partial charge < -0.3 is 4.74 Å². The van der Waals surface area contributed by atoms with E-state index in [1.807, 2.05) is 25.1 Å². The predicted molar refractivity (Wildman–Crippen MR) is 111 cm³/mol. The number of non-ortho nitro benzene ring substituents is 1. The molecule has 3 rings (SSSR count). The smallest absolute Gasteiger partial charge is 0.279 e. The number of hydrogen-bond donors (Lipinski definition) is 1. The van der Waals surface area contributed by atoms with E-state index in [-0.39, 0.29) is 16.3 Å². The molecule has 0 atom stereocenters. The minimum Gasteiger partial charge on any atom is -0.496 e. The molecule has 0 aliphatic carbocycles. The Morgan fingerprint density at radius 2 is 1.87 bits per heavy atom. The third-order valence-electron chi connectivity index (χ3n) is 4.37. The standard InChI is InChI=1S/C19H16N4O6S/c1-10-4-5-17(29-3)14(6-10)15-9-30-19(20-15)21-18(24)13-7-12(22(25)26)8-16(11(13)2)23(27)28/h4-9H,1-3H3,(H,20,21,24). The van der Waals surface area contributed by atoms with Crippen molar-refractivity contribution in [1.29, 1.82) is 0 Å². The highest BCUT2D eigenvalue weighted by molar-refractivity contribution is 7.14. The highest BCUT2D eigenvalue weighted by Gasteiger charge is 2.25. The molecular weight excluding hydrogens is 412 g/mol. The number of nitro benzene ring substituents is 2. The SMILES string of the molecule is COc1ccc(C)cc1-c1csc(NC(=O)c2cc([N+](=O)[O-])cc([N+](=O)[O-])c2C)n1. The number of nitrogens with zero attached hydrogens (tertiary/aromatic N) is 3. The molecule has 11 heteroatoms. The Bertz CT molecular complexity index is 1170. The molecule has 154 valence electrons. The Hall–Kier alpha value is -3.86. The van der Waals surface area contributed by atoms with Crippen molar-refractivity contribution in [3.63, 3.8) is 0 Å². The van der Waals surface area contributed by atoms with Crippen molar-refractivity contribution < 1.29 is 19.4 Å². The number of nitro groups is 2. The van der Waals surface area contributed by atoms with Gasteiger partial charge in [-0.15, -0.1) is 11.3 Å². The number of ether oxygens (including phenoxy) is 1. The summed E-state index contributed by atoms with van der Waals surface area (Å²) >= 11 is 1.15. The summed E-state index contributed by atoms with van der Waals surface area (Å²) in [6.07, 6.45) is 0. The molecule has 1 amide bonds. The average molecular weight is 428 g/mol. The fourth-order valence-corrected chi connectivity index (χ4v) is 3.56. The molecule has 0 radical (unpaired) electrons. The molecule has 30 heavy (non-hydrogen) atoms. The van der Waals surface area contributed by atoms with Crippen LogP contribution in [-0.2, 0) is 0 Å². The lowest BCUT2D eigenvalue weighted by Gasteiger charge is -2.07. The van der Waals surface area contributed by atoms with E-state index in [9.17, 15) is 25.0 Å². The third kappa shape index (κ3) is 4.10. The van der Waals surface area contributed by atoms with Crippen molar-refractivity contribution >= 4 is 33.8 Å². The number of amides is 1. The number of hydrogen-bond acceptors (Lipinski definition) is 8. The molecule has 1 heterocycles.